The summed E-state index contributed by atoms with van der Waals surface area (Å²) in [5, 5.41) is 0. The van der Waals surface area contributed by atoms with Crippen LogP contribution >= 0.6 is 0 Å². The molecule has 1 aromatic carbocycles. The highest BCUT2D eigenvalue weighted by molar-refractivity contribution is 5.89. The number of carbonyl (C=O) groups excluding carboxylic acids is 1. The molecule has 36 heavy (non-hydrogen) atoms. The zero-order chi connectivity index (χ0) is 25.5. The van der Waals surface area contributed by atoms with E-state index in [4.69, 9.17) is 4.74 Å². The van der Waals surface area contributed by atoms with Crippen molar-refractivity contribution in [3.8, 4) is 0 Å². The SMILES string of the molecule is CC(C)CCC[C@H](C)[C@@H]1CC[C@@H]2[C@H]3CC=C4C[C@@H](OC(=O)c5ccccc5)CC[C@]4(C)[C@@H]3CC[C@]21C. The molecule has 4 aliphatic carbocycles. The van der Waals surface area contributed by atoms with Crippen molar-refractivity contribution in [3.63, 3.8) is 0 Å². The van der Waals surface area contributed by atoms with E-state index in [0.717, 1.165) is 48.3 Å². The van der Waals surface area contributed by atoms with Crippen molar-refractivity contribution in [2.75, 3.05) is 0 Å². The number of benzene rings is 1. The summed E-state index contributed by atoms with van der Waals surface area (Å²) in [5.74, 6) is 5.03. The Kier molecular flexibility index (Phi) is 7.45. The van der Waals surface area contributed by atoms with Gasteiger partial charge in [0.1, 0.15) is 6.10 Å². The van der Waals surface area contributed by atoms with E-state index in [0.29, 0.717) is 16.4 Å². The van der Waals surface area contributed by atoms with Crippen LogP contribution in [0.1, 0.15) is 116 Å². The molecule has 0 aromatic heterocycles. The molecule has 0 heterocycles. The van der Waals surface area contributed by atoms with Crippen molar-refractivity contribution < 1.29 is 9.53 Å². The quantitative estimate of drug-likeness (QED) is 0.281. The molecule has 3 fully saturated rings. The molecule has 0 N–H and O–H groups in total. The maximum absolute atomic E-state index is 12.7. The minimum Gasteiger partial charge on any atom is -0.458 e. The first-order valence-electron chi connectivity index (χ1n) is 15.2. The normalized spacial score (nSPS) is 38.5. The molecule has 0 saturated heterocycles. The molecule has 4 aliphatic rings. The van der Waals surface area contributed by atoms with Crippen LogP contribution < -0.4 is 0 Å². The Bertz CT molecular complexity index is 947. The van der Waals surface area contributed by atoms with Gasteiger partial charge in [-0.05, 0) is 103 Å². The van der Waals surface area contributed by atoms with Crippen LogP contribution in [0.2, 0.25) is 0 Å². The number of rotatable bonds is 7. The summed E-state index contributed by atoms with van der Waals surface area (Å²) < 4.78 is 6.00. The minimum atomic E-state index is -0.161. The fourth-order valence-electron chi connectivity index (χ4n) is 9.55. The zero-order valence-corrected chi connectivity index (χ0v) is 23.6. The van der Waals surface area contributed by atoms with Crippen LogP contribution in [0, 0.1) is 46.3 Å². The lowest BCUT2D eigenvalue weighted by atomic mass is 9.47. The Balaban J connectivity index is 1.25. The molecule has 2 nitrogen and oxygen atoms in total. The van der Waals surface area contributed by atoms with Gasteiger partial charge in [0.05, 0.1) is 5.56 Å². The number of ether oxygens (including phenoxy) is 1. The molecule has 5 rings (SSSR count). The van der Waals surface area contributed by atoms with Gasteiger partial charge >= 0.3 is 5.97 Å². The van der Waals surface area contributed by atoms with Crippen molar-refractivity contribution in [2.45, 2.75) is 111 Å². The lowest BCUT2D eigenvalue weighted by Crippen LogP contribution is -2.51. The monoisotopic (exact) mass is 490 g/mol. The van der Waals surface area contributed by atoms with E-state index in [1.54, 1.807) is 5.57 Å². The highest BCUT2D eigenvalue weighted by Gasteiger charge is 2.59. The third kappa shape index (κ3) is 4.71. The third-order valence-electron chi connectivity index (χ3n) is 11.5. The lowest BCUT2D eigenvalue weighted by molar-refractivity contribution is -0.0594. The van der Waals surface area contributed by atoms with Crippen molar-refractivity contribution in [1.29, 1.82) is 0 Å². The average molecular weight is 491 g/mol. The fourth-order valence-corrected chi connectivity index (χ4v) is 9.55. The maximum Gasteiger partial charge on any atom is 0.338 e. The molecular weight excluding hydrogens is 440 g/mol. The van der Waals surface area contributed by atoms with Crippen molar-refractivity contribution in [3.05, 3.63) is 47.5 Å². The molecule has 8 atom stereocenters. The smallest absolute Gasteiger partial charge is 0.338 e. The molecule has 1 aromatic rings. The van der Waals surface area contributed by atoms with Crippen LogP contribution in [-0.4, -0.2) is 12.1 Å². The molecule has 0 bridgehead atoms. The molecule has 0 unspecified atom stereocenters. The molecule has 0 aliphatic heterocycles. The summed E-state index contributed by atoms with van der Waals surface area (Å²) in [6.45, 7) is 12.6. The van der Waals surface area contributed by atoms with Gasteiger partial charge in [-0.1, -0.05) is 83.7 Å². The maximum atomic E-state index is 12.7. The van der Waals surface area contributed by atoms with Gasteiger partial charge in [-0.25, -0.2) is 4.79 Å². The van der Waals surface area contributed by atoms with Crippen molar-refractivity contribution in [1.82, 2.24) is 0 Å². The van der Waals surface area contributed by atoms with Crippen molar-refractivity contribution >= 4 is 5.97 Å². The second kappa shape index (κ2) is 10.3. The minimum absolute atomic E-state index is 0.0324. The number of fused-ring (bicyclic) bond motifs is 5. The molecule has 198 valence electrons. The van der Waals surface area contributed by atoms with Gasteiger partial charge in [-0.15, -0.1) is 0 Å². The Morgan fingerprint density at radius 3 is 2.50 bits per heavy atom. The number of carbonyl (C=O) groups is 1. The van der Waals surface area contributed by atoms with Gasteiger partial charge < -0.3 is 4.74 Å². The Hall–Kier alpha value is -1.57. The number of esters is 1. The standard InChI is InChI=1S/C34H50O2/c1-23(2)10-9-11-24(3)29-16-17-30-28-15-14-26-22-27(36-32(35)25-12-7-6-8-13-25)18-20-33(26,4)31(28)19-21-34(29,30)5/h6-8,12-14,23-24,27-31H,9-11,15-22H2,1-5H3/t24-,27-,28+,29-,30+,31+,33-,34-/m0/s1. The number of allylic oxidation sites excluding steroid dienone is 1. The molecular formula is C34H50O2. The van der Waals surface area contributed by atoms with E-state index >= 15 is 0 Å². The van der Waals surface area contributed by atoms with Crippen molar-refractivity contribution in [2.24, 2.45) is 46.3 Å². The van der Waals surface area contributed by atoms with Gasteiger partial charge in [-0.3, -0.25) is 0 Å². The first kappa shape index (κ1) is 26.1. The first-order chi connectivity index (χ1) is 17.2. The lowest BCUT2D eigenvalue weighted by Gasteiger charge is -2.58. The fraction of sp³-hybridized carbons (Fsp3) is 0.735. The summed E-state index contributed by atoms with van der Waals surface area (Å²) in [6, 6.07) is 9.49. The largest absolute Gasteiger partial charge is 0.458 e. The molecule has 3 saturated carbocycles. The van der Waals surface area contributed by atoms with Crippen LogP contribution in [0.3, 0.4) is 0 Å². The summed E-state index contributed by atoms with van der Waals surface area (Å²) in [6.07, 6.45) is 17.0. The molecule has 2 heteroatoms. The topological polar surface area (TPSA) is 26.3 Å². The van der Waals surface area contributed by atoms with E-state index in [2.05, 4.69) is 40.7 Å². The third-order valence-corrected chi connectivity index (χ3v) is 11.5. The first-order valence-corrected chi connectivity index (χ1v) is 15.2. The van der Waals surface area contributed by atoms with Gasteiger partial charge in [-0.2, -0.15) is 0 Å². The van der Waals surface area contributed by atoms with Crippen LogP contribution in [0.4, 0.5) is 0 Å². The van der Waals surface area contributed by atoms with Crippen LogP contribution in [-0.2, 0) is 4.74 Å². The Labute approximate surface area is 220 Å². The van der Waals surface area contributed by atoms with Crippen LogP contribution in [0.25, 0.3) is 0 Å². The number of hydrogen-bond acceptors (Lipinski definition) is 2. The van der Waals surface area contributed by atoms with E-state index in [-0.39, 0.29) is 12.1 Å². The Morgan fingerprint density at radius 1 is 0.972 bits per heavy atom. The van der Waals surface area contributed by atoms with Gasteiger partial charge in [0.2, 0.25) is 0 Å². The average Bonchev–Trinajstić information content (AvgIpc) is 3.22. The van der Waals surface area contributed by atoms with Crippen LogP contribution in [0.15, 0.2) is 42.0 Å². The highest BCUT2D eigenvalue weighted by atomic mass is 16.5. The van der Waals surface area contributed by atoms with E-state index < -0.39 is 0 Å². The van der Waals surface area contributed by atoms with Gasteiger partial charge in [0.15, 0.2) is 0 Å². The van der Waals surface area contributed by atoms with E-state index in [9.17, 15) is 4.79 Å². The van der Waals surface area contributed by atoms with Crippen LogP contribution in [0.5, 0.6) is 0 Å². The second-order valence-corrected chi connectivity index (χ2v) is 13.9. The van der Waals surface area contributed by atoms with E-state index in [1.165, 1.54) is 57.8 Å². The summed E-state index contributed by atoms with van der Waals surface area (Å²) in [4.78, 5) is 12.7. The molecule has 0 spiro atoms. The van der Waals surface area contributed by atoms with Gasteiger partial charge in [0.25, 0.3) is 0 Å². The molecule has 0 radical (unpaired) electrons. The second-order valence-electron chi connectivity index (χ2n) is 13.9. The molecule has 0 amide bonds. The summed E-state index contributed by atoms with van der Waals surface area (Å²) >= 11 is 0. The predicted molar refractivity (Wildman–Crippen MR) is 149 cm³/mol. The van der Waals surface area contributed by atoms with E-state index in [1.807, 2.05) is 30.3 Å². The number of hydrogen-bond donors (Lipinski definition) is 0. The highest BCUT2D eigenvalue weighted by Crippen LogP contribution is 2.67. The summed E-state index contributed by atoms with van der Waals surface area (Å²) in [5.41, 5.74) is 3.12. The van der Waals surface area contributed by atoms with Gasteiger partial charge in [0, 0.05) is 6.42 Å². The zero-order valence-electron chi connectivity index (χ0n) is 23.6. The Morgan fingerprint density at radius 2 is 1.75 bits per heavy atom. The summed E-state index contributed by atoms with van der Waals surface area (Å²) in [7, 11) is 0. The predicted octanol–water partition coefficient (Wildman–Crippen LogP) is 9.25.